The summed E-state index contributed by atoms with van der Waals surface area (Å²) in [5.41, 5.74) is 4.01. The fraction of sp³-hybridized carbons (Fsp3) is 0.294. The highest BCUT2D eigenvalue weighted by atomic mass is 32.2. The van der Waals surface area contributed by atoms with Crippen LogP contribution >= 0.6 is 11.9 Å². The molecule has 0 aliphatic rings. The van der Waals surface area contributed by atoms with E-state index in [1.807, 2.05) is 33.2 Å². The Hall–Kier alpha value is -2.05. The molecule has 120 valence electrons. The van der Waals surface area contributed by atoms with Crippen molar-refractivity contribution >= 4 is 28.5 Å². The molecule has 6 heteroatoms. The first-order valence-corrected chi connectivity index (χ1v) is 8.44. The van der Waals surface area contributed by atoms with Gasteiger partial charge in [0.05, 0.1) is 28.3 Å². The first kappa shape index (κ1) is 15.8. The van der Waals surface area contributed by atoms with Gasteiger partial charge in [0.25, 0.3) is 0 Å². The molecule has 0 saturated carbocycles. The zero-order valence-corrected chi connectivity index (χ0v) is 14.4. The van der Waals surface area contributed by atoms with Gasteiger partial charge in [-0.25, -0.2) is 4.98 Å². The highest BCUT2D eigenvalue weighted by Crippen LogP contribution is 2.25. The van der Waals surface area contributed by atoms with Crippen LogP contribution in [0.2, 0.25) is 0 Å². The predicted octanol–water partition coefficient (Wildman–Crippen LogP) is 3.85. The smallest absolute Gasteiger partial charge is 0.133 e. The number of hydrogen-bond acceptors (Lipinski definition) is 6. The van der Waals surface area contributed by atoms with Gasteiger partial charge in [0, 0.05) is 18.0 Å². The summed E-state index contributed by atoms with van der Waals surface area (Å²) >= 11 is 1.58. The van der Waals surface area contributed by atoms with Crippen molar-refractivity contribution in [2.24, 2.45) is 0 Å². The number of nitrogens with zero attached hydrogens (tertiary/aromatic N) is 3. The van der Waals surface area contributed by atoms with E-state index in [0.717, 1.165) is 46.0 Å². The molecule has 5 nitrogen and oxygen atoms in total. The number of fused-ring (bicyclic) bond motifs is 1. The van der Waals surface area contributed by atoms with Crippen LogP contribution in [0.3, 0.4) is 0 Å². The minimum atomic E-state index is 0.741. The quantitative estimate of drug-likeness (QED) is 0.694. The summed E-state index contributed by atoms with van der Waals surface area (Å²) < 4.78 is 8.47. The van der Waals surface area contributed by atoms with Gasteiger partial charge in [0.2, 0.25) is 0 Å². The minimum absolute atomic E-state index is 0.741. The van der Waals surface area contributed by atoms with Gasteiger partial charge in [0.1, 0.15) is 5.76 Å². The lowest BCUT2D eigenvalue weighted by atomic mass is 10.2. The number of aryl methyl sites for hydroxylation is 1. The second-order valence-corrected chi connectivity index (χ2v) is 6.52. The molecule has 0 amide bonds. The molecule has 0 radical (unpaired) electrons. The van der Waals surface area contributed by atoms with Gasteiger partial charge in [-0.2, -0.15) is 0 Å². The highest BCUT2D eigenvalue weighted by Gasteiger charge is 2.06. The lowest BCUT2D eigenvalue weighted by molar-refractivity contribution is 0.393. The van der Waals surface area contributed by atoms with Gasteiger partial charge in [0.15, 0.2) is 0 Å². The summed E-state index contributed by atoms with van der Waals surface area (Å²) in [6.07, 6.45) is 0. The third-order valence-corrected chi connectivity index (χ3v) is 4.14. The maximum atomic E-state index is 5.08. The van der Waals surface area contributed by atoms with Crippen LogP contribution in [-0.2, 0) is 12.3 Å². The van der Waals surface area contributed by atoms with Crippen molar-refractivity contribution in [2.45, 2.75) is 19.2 Å². The van der Waals surface area contributed by atoms with Crippen molar-refractivity contribution in [1.29, 1.82) is 0 Å². The molecule has 23 heavy (non-hydrogen) atoms. The number of rotatable bonds is 6. The zero-order valence-electron chi connectivity index (χ0n) is 13.5. The second kappa shape index (κ2) is 7.02. The SMILES string of the molecule is Cc1cc(CSNc2cccc3ccc(CN(C)C)nc23)no1. The van der Waals surface area contributed by atoms with Crippen LogP contribution in [-0.4, -0.2) is 29.1 Å². The lowest BCUT2D eigenvalue weighted by Crippen LogP contribution is -2.11. The second-order valence-electron chi connectivity index (χ2n) is 5.74. The van der Waals surface area contributed by atoms with Gasteiger partial charge < -0.3 is 14.1 Å². The molecular weight excluding hydrogens is 308 g/mol. The van der Waals surface area contributed by atoms with Crippen molar-refractivity contribution < 1.29 is 4.52 Å². The summed E-state index contributed by atoms with van der Waals surface area (Å²) in [5.74, 6) is 1.58. The first-order chi connectivity index (χ1) is 11.1. The van der Waals surface area contributed by atoms with E-state index < -0.39 is 0 Å². The van der Waals surface area contributed by atoms with Crippen molar-refractivity contribution in [1.82, 2.24) is 15.0 Å². The van der Waals surface area contributed by atoms with E-state index >= 15 is 0 Å². The number of nitrogens with one attached hydrogen (secondary N) is 1. The van der Waals surface area contributed by atoms with Gasteiger partial charge in [-0.1, -0.05) is 23.4 Å². The molecule has 0 atom stereocenters. The molecule has 0 fully saturated rings. The molecule has 0 bridgehead atoms. The molecule has 0 unspecified atom stereocenters. The summed E-state index contributed by atoms with van der Waals surface area (Å²) in [6, 6.07) is 12.3. The number of anilines is 1. The largest absolute Gasteiger partial charge is 0.361 e. The van der Waals surface area contributed by atoms with Gasteiger partial charge in [-0.15, -0.1) is 0 Å². The Bertz CT molecular complexity index is 800. The van der Waals surface area contributed by atoms with Gasteiger partial charge in [-0.3, -0.25) is 0 Å². The molecule has 1 N–H and O–H groups in total. The zero-order chi connectivity index (χ0) is 16.2. The average molecular weight is 328 g/mol. The normalized spacial score (nSPS) is 11.3. The first-order valence-electron chi connectivity index (χ1n) is 7.45. The molecule has 2 heterocycles. The van der Waals surface area contributed by atoms with E-state index in [0.29, 0.717) is 0 Å². The van der Waals surface area contributed by atoms with E-state index in [-0.39, 0.29) is 0 Å². The summed E-state index contributed by atoms with van der Waals surface area (Å²) in [4.78, 5) is 6.91. The van der Waals surface area contributed by atoms with E-state index in [9.17, 15) is 0 Å². The number of pyridine rings is 1. The summed E-state index contributed by atoms with van der Waals surface area (Å²) in [6.45, 7) is 2.73. The van der Waals surface area contributed by atoms with Crippen LogP contribution in [0.1, 0.15) is 17.1 Å². The Morgan fingerprint density at radius 2 is 2.04 bits per heavy atom. The van der Waals surface area contributed by atoms with Gasteiger partial charge >= 0.3 is 0 Å². The van der Waals surface area contributed by atoms with E-state index in [4.69, 9.17) is 9.51 Å². The monoisotopic (exact) mass is 328 g/mol. The average Bonchev–Trinajstić information content (AvgIpc) is 2.92. The standard InChI is InChI=1S/C17H20N4OS/c1-12-9-15(19-22-12)11-23-20-16-6-4-5-13-7-8-14(10-21(2)3)18-17(13)16/h4-9,20H,10-11H2,1-3H3. The van der Waals surface area contributed by atoms with Crippen molar-refractivity contribution in [2.75, 3.05) is 18.8 Å². The van der Waals surface area contributed by atoms with E-state index in [1.54, 1.807) is 11.9 Å². The molecule has 3 rings (SSSR count). The minimum Gasteiger partial charge on any atom is -0.361 e. The Labute approximate surface area is 140 Å². The summed E-state index contributed by atoms with van der Waals surface area (Å²) in [5, 5.41) is 5.13. The Morgan fingerprint density at radius 1 is 1.17 bits per heavy atom. The van der Waals surface area contributed by atoms with Gasteiger partial charge in [-0.05, 0) is 45.1 Å². The van der Waals surface area contributed by atoms with Crippen LogP contribution in [0.5, 0.6) is 0 Å². The van der Waals surface area contributed by atoms with E-state index in [1.165, 1.54) is 0 Å². The van der Waals surface area contributed by atoms with Crippen LogP contribution in [0.25, 0.3) is 10.9 Å². The Morgan fingerprint density at radius 3 is 2.78 bits per heavy atom. The molecule has 0 spiro atoms. The van der Waals surface area contributed by atoms with Crippen LogP contribution in [0.4, 0.5) is 5.69 Å². The third-order valence-electron chi connectivity index (χ3n) is 3.34. The molecule has 3 aromatic rings. The molecule has 0 aliphatic carbocycles. The van der Waals surface area contributed by atoms with Crippen LogP contribution < -0.4 is 4.72 Å². The van der Waals surface area contributed by atoms with Crippen molar-refractivity contribution in [3.05, 3.63) is 53.5 Å². The topological polar surface area (TPSA) is 54.2 Å². The number of hydrogen-bond donors (Lipinski definition) is 1. The Balaban J connectivity index is 1.76. The van der Waals surface area contributed by atoms with Crippen LogP contribution in [0, 0.1) is 6.92 Å². The lowest BCUT2D eigenvalue weighted by Gasteiger charge is -2.12. The van der Waals surface area contributed by atoms with Crippen molar-refractivity contribution in [3.8, 4) is 0 Å². The molecular formula is C17H20N4OS. The fourth-order valence-electron chi connectivity index (χ4n) is 2.36. The summed E-state index contributed by atoms with van der Waals surface area (Å²) in [7, 11) is 4.09. The molecule has 2 aromatic heterocycles. The van der Waals surface area contributed by atoms with Crippen LogP contribution in [0.15, 0.2) is 40.9 Å². The fourth-order valence-corrected chi connectivity index (χ4v) is 3.03. The number of benzene rings is 1. The predicted molar refractivity (Wildman–Crippen MR) is 95.3 cm³/mol. The maximum absolute atomic E-state index is 5.08. The molecule has 0 saturated heterocycles. The van der Waals surface area contributed by atoms with E-state index in [2.05, 4.69) is 39.0 Å². The third kappa shape index (κ3) is 4.03. The Kier molecular flexibility index (Phi) is 4.83. The maximum Gasteiger partial charge on any atom is 0.133 e. The molecule has 0 aliphatic heterocycles. The highest BCUT2D eigenvalue weighted by molar-refractivity contribution is 7.99. The number of para-hydroxylation sites is 1. The number of aromatic nitrogens is 2. The molecule has 1 aromatic carbocycles. The van der Waals surface area contributed by atoms with Crippen molar-refractivity contribution in [3.63, 3.8) is 0 Å².